The monoisotopic (exact) mass is 296 g/mol. The molecule has 3 nitrogen and oxygen atoms in total. The predicted molar refractivity (Wildman–Crippen MR) is 74.7 cm³/mol. The fraction of sp³-hybridized carbons (Fsp3) is 0.462. The van der Waals surface area contributed by atoms with Crippen molar-refractivity contribution in [3.05, 3.63) is 22.7 Å². The second kappa shape index (κ2) is 4.69. The Morgan fingerprint density at radius 2 is 2.12 bits per heavy atom. The summed E-state index contributed by atoms with van der Waals surface area (Å²) >= 11 is 3.46. The number of carbonyl (C=O) groups excluding carboxylic acids is 1. The van der Waals surface area contributed by atoms with E-state index >= 15 is 0 Å². The third-order valence-electron chi connectivity index (χ3n) is 3.41. The molecule has 1 heterocycles. The summed E-state index contributed by atoms with van der Waals surface area (Å²) in [5.41, 5.74) is 2.13. The number of amides is 1. The molecule has 0 saturated heterocycles. The van der Waals surface area contributed by atoms with Crippen LogP contribution in [0.1, 0.15) is 20.3 Å². The van der Waals surface area contributed by atoms with Crippen molar-refractivity contribution in [3.8, 4) is 0 Å². The Morgan fingerprint density at radius 3 is 2.76 bits per heavy atom. The number of fused-ring (bicyclic) bond motifs is 1. The maximum absolute atomic E-state index is 12.0. The van der Waals surface area contributed by atoms with E-state index in [1.165, 1.54) is 0 Å². The predicted octanol–water partition coefficient (Wildman–Crippen LogP) is 3.03. The van der Waals surface area contributed by atoms with Crippen molar-refractivity contribution in [2.24, 2.45) is 0 Å². The van der Waals surface area contributed by atoms with Crippen LogP contribution in [0, 0.1) is 0 Å². The van der Waals surface area contributed by atoms with Gasteiger partial charge in [0.15, 0.2) is 0 Å². The molecular weight excluding hydrogens is 280 g/mol. The van der Waals surface area contributed by atoms with Crippen LogP contribution < -0.4 is 9.80 Å². The van der Waals surface area contributed by atoms with E-state index in [2.05, 4.69) is 40.7 Å². The van der Waals surface area contributed by atoms with Crippen molar-refractivity contribution >= 4 is 33.2 Å². The zero-order valence-electron chi connectivity index (χ0n) is 10.4. The Kier molecular flexibility index (Phi) is 3.43. The highest BCUT2D eigenvalue weighted by atomic mass is 79.9. The largest absolute Gasteiger partial charge is 0.358 e. The Balaban J connectivity index is 2.49. The second-order valence-corrected chi connectivity index (χ2v) is 5.39. The molecule has 1 aliphatic rings. The molecular formula is C13H17BrN2O. The first-order valence-corrected chi connectivity index (χ1v) is 6.66. The van der Waals surface area contributed by atoms with Gasteiger partial charge >= 0.3 is 0 Å². The minimum Gasteiger partial charge on any atom is -0.358 e. The third-order valence-corrected chi connectivity index (χ3v) is 3.90. The average molecular weight is 297 g/mol. The Morgan fingerprint density at radius 1 is 1.41 bits per heavy atom. The van der Waals surface area contributed by atoms with Crippen LogP contribution in [0.2, 0.25) is 0 Å². The van der Waals surface area contributed by atoms with E-state index in [1.807, 2.05) is 19.2 Å². The summed E-state index contributed by atoms with van der Waals surface area (Å²) in [5.74, 6) is 0.149. The highest BCUT2D eigenvalue weighted by Gasteiger charge is 2.28. The zero-order valence-corrected chi connectivity index (χ0v) is 12.0. The van der Waals surface area contributed by atoms with Crippen molar-refractivity contribution in [2.75, 3.05) is 23.4 Å². The first-order valence-electron chi connectivity index (χ1n) is 5.87. The number of halogens is 1. The van der Waals surface area contributed by atoms with Gasteiger partial charge in [0.25, 0.3) is 0 Å². The highest BCUT2D eigenvalue weighted by molar-refractivity contribution is 9.10. The molecule has 1 amide bonds. The lowest BCUT2D eigenvalue weighted by atomic mass is 10.1. The van der Waals surface area contributed by atoms with Gasteiger partial charge in [-0.3, -0.25) is 4.79 Å². The van der Waals surface area contributed by atoms with E-state index in [-0.39, 0.29) is 5.91 Å². The van der Waals surface area contributed by atoms with Gasteiger partial charge in [0.1, 0.15) is 0 Å². The van der Waals surface area contributed by atoms with Gasteiger partial charge in [0.2, 0.25) is 5.91 Å². The standard InChI is InChI=1S/C13H17BrN2O/c1-4-9(2)16-8-13(17)15(3)12-7-10(14)5-6-11(12)16/h5-7,9H,4,8H2,1-3H3. The minimum atomic E-state index is 0.149. The molecule has 4 heteroatoms. The first kappa shape index (κ1) is 12.4. The van der Waals surface area contributed by atoms with Crippen LogP contribution in [0.15, 0.2) is 22.7 Å². The van der Waals surface area contributed by atoms with Crippen molar-refractivity contribution < 1.29 is 4.79 Å². The number of anilines is 2. The van der Waals surface area contributed by atoms with Crippen molar-refractivity contribution in [1.82, 2.24) is 0 Å². The van der Waals surface area contributed by atoms with Crippen molar-refractivity contribution in [1.29, 1.82) is 0 Å². The summed E-state index contributed by atoms with van der Waals surface area (Å²) in [6.07, 6.45) is 1.03. The third kappa shape index (κ3) is 2.18. The van der Waals surface area contributed by atoms with E-state index in [0.29, 0.717) is 12.6 Å². The Bertz CT molecular complexity index is 447. The van der Waals surface area contributed by atoms with Crippen LogP contribution in [-0.2, 0) is 4.79 Å². The smallest absolute Gasteiger partial charge is 0.246 e. The van der Waals surface area contributed by atoms with Crippen LogP contribution in [0.4, 0.5) is 11.4 Å². The molecule has 2 rings (SSSR count). The van der Waals surface area contributed by atoms with Gasteiger partial charge in [-0.25, -0.2) is 0 Å². The zero-order chi connectivity index (χ0) is 12.6. The normalized spacial score (nSPS) is 17.1. The number of hydrogen-bond donors (Lipinski definition) is 0. The van der Waals surface area contributed by atoms with E-state index in [4.69, 9.17) is 0 Å². The maximum Gasteiger partial charge on any atom is 0.246 e. The van der Waals surface area contributed by atoms with Crippen molar-refractivity contribution in [2.45, 2.75) is 26.3 Å². The summed E-state index contributed by atoms with van der Waals surface area (Å²) in [6, 6.07) is 6.49. The minimum absolute atomic E-state index is 0.149. The fourth-order valence-electron chi connectivity index (χ4n) is 2.09. The molecule has 0 spiro atoms. The molecule has 0 radical (unpaired) electrons. The summed E-state index contributed by atoms with van der Waals surface area (Å²) in [5, 5.41) is 0. The lowest BCUT2D eigenvalue weighted by Crippen LogP contribution is -2.47. The lowest BCUT2D eigenvalue weighted by molar-refractivity contribution is -0.117. The van der Waals surface area contributed by atoms with Crippen LogP contribution >= 0.6 is 15.9 Å². The highest BCUT2D eigenvalue weighted by Crippen LogP contribution is 2.36. The molecule has 0 bridgehead atoms. The molecule has 1 aromatic rings. The number of rotatable bonds is 2. The van der Waals surface area contributed by atoms with E-state index in [9.17, 15) is 4.79 Å². The summed E-state index contributed by atoms with van der Waals surface area (Å²) in [4.78, 5) is 15.9. The topological polar surface area (TPSA) is 23.6 Å². The molecule has 0 aromatic heterocycles. The Labute approximate surface area is 111 Å². The van der Waals surface area contributed by atoms with Gasteiger partial charge in [-0.05, 0) is 31.5 Å². The van der Waals surface area contributed by atoms with Crippen LogP contribution in [-0.4, -0.2) is 25.5 Å². The first-order chi connectivity index (χ1) is 8.04. The fourth-order valence-corrected chi connectivity index (χ4v) is 2.44. The molecule has 17 heavy (non-hydrogen) atoms. The summed E-state index contributed by atoms with van der Waals surface area (Å²) < 4.78 is 1.00. The van der Waals surface area contributed by atoms with Gasteiger partial charge in [-0.2, -0.15) is 0 Å². The molecule has 1 atom stereocenters. The second-order valence-electron chi connectivity index (χ2n) is 4.47. The number of nitrogens with zero attached hydrogens (tertiary/aromatic N) is 2. The van der Waals surface area contributed by atoms with Crippen LogP contribution in [0.3, 0.4) is 0 Å². The van der Waals surface area contributed by atoms with Gasteiger partial charge in [-0.1, -0.05) is 22.9 Å². The quantitative estimate of drug-likeness (QED) is 0.837. The number of benzene rings is 1. The number of carbonyl (C=O) groups is 1. The molecule has 1 unspecified atom stereocenters. The molecule has 1 aromatic carbocycles. The summed E-state index contributed by atoms with van der Waals surface area (Å²) in [6.45, 7) is 4.77. The van der Waals surface area contributed by atoms with E-state index in [0.717, 1.165) is 22.3 Å². The van der Waals surface area contributed by atoms with Gasteiger partial charge < -0.3 is 9.80 Å². The molecule has 1 aliphatic heterocycles. The van der Waals surface area contributed by atoms with Gasteiger partial charge in [0.05, 0.1) is 17.9 Å². The number of likely N-dealkylation sites (N-methyl/N-ethyl adjacent to an activating group) is 1. The average Bonchev–Trinajstić information content (AvgIpc) is 2.33. The van der Waals surface area contributed by atoms with Gasteiger partial charge in [0, 0.05) is 17.6 Å². The van der Waals surface area contributed by atoms with Gasteiger partial charge in [-0.15, -0.1) is 0 Å². The van der Waals surface area contributed by atoms with Crippen LogP contribution in [0.25, 0.3) is 0 Å². The van der Waals surface area contributed by atoms with E-state index < -0.39 is 0 Å². The molecule has 0 saturated carbocycles. The molecule has 0 aliphatic carbocycles. The number of hydrogen-bond acceptors (Lipinski definition) is 2. The molecule has 92 valence electrons. The van der Waals surface area contributed by atoms with E-state index in [1.54, 1.807) is 4.90 Å². The summed E-state index contributed by atoms with van der Waals surface area (Å²) in [7, 11) is 1.83. The Hall–Kier alpha value is -1.03. The SMILES string of the molecule is CCC(C)N1CC(=O)N(C)c2cc(Br)ccc21. The lowest BCUT2D eigenvalue weighted by Gasteiger charge is -2.39. The van der Waals surface area contributed by atoms with Crippen LogP contribution in [0.5, 0.6) is 0 Å². The maximum atomic E-state index is 12.0. The molecule has 0 fully saturated rings. The van der Waals surface area contributed by atoms with Crippen molar-refractivity contribution in [3.63, 3.8) is 0 Å². The molecule has 0 N–H and O–H groups in total.